The van der Waals surface area contributed by atoms with Crippen molar-refractivity contribution < 1.29 is 18.7 Å². The number of benzene rings is 1. The Kier molecular flexibility index (Phi) is 5.11. The highest BCUT2D eigenvalue weighted by atomic mass is 19.1. The second kappa shape index (κ2) is 7.74. The van der Waals surface area contributed by atoms with Gasteiger partial charge in [0.2, 0.25) is 0 Å². The molecule has 3 aromatic rings. The lowest BCUT2D eigenvalue weighted by Crippen LogP contribution is -2.14. The van der Waals surface area contributed by atoms with E-state index in [4.69, 9.17) is 4.74 Å². The van der Waals surface area contributed by atoms with Gasteiger partial charge in [-0.1, -0.05) is 12.1 Å². The van der Waals surface area contributed by atoms with Gasteiger partial charge in [0.05, 0.1) is 36.7 Å². The number of halogens is 1. The Bertz CT molecular complexity index is 1110. The van der Waals surface area contributed by atoms with Crippen molar-refractivity contribution in [3.63, 3.8) is 0 Å². The Balaban J connectivity index is 1.51. The summed E-state index contributed by atoms with van der Waals surface area (Å²) in [4.78, 5) is 36.9. The molecular formula is C23H20FN3O3. The standard InChI is InChI=1S/C23H20FN3O3/c1-14-18(11-25-12-19(14)24)20(28)9-17-10-27-21(13-26-17)23(7-8-23)16-5-3-15(4-6-16)22(29)30-2/h3-6,10-13H,7-9H2,1-2H3. The first kappa shape index (κ1) is 19.8. The Morgan fingerprint density at radius 3 is 2.40 bits per heavy atom. The molecule has 0 N–H and O–H groups in total. The van der Waals surface area contributed by atoms with Crippen LogP contribution in [0.4, 0.5) is 4.39 Å². The quantitative estimate of drug-likeness (QED) is 0.460. The predicted molar refractivity (Wildman–Crippen MR) is 107 cm³/mol. The highest BCUT2D eigenvalue weighted by Gasteiger charge is 2.47. The van der Waals surface area contributed by atoms with E-state index in [0.29, 0.717) is 11.3 Å². The summed E-state index contributed by atoms with van der Waals surface area (Å²) < 4.78 is 18.4. The first-order valence-corrected chi connectivity index (χ1v) is 9.58. The lowest BCUT2D eigenvalue weighted by molar-refractivity contribution is 0.0600. The summed E-state index contributed by atoms with van der Waals surface area (Å²) in [6.45, 7) is 1.56. The average molecular weight is 405 g/mol. The molecule has 1 fully saturated rings. The lowest BCUT2D eigenvalue weighted by atomic mass is 9.92. The van der Waals surface area contributed by atoms with Crippen molar-refractivity contribution in [1.82, 2.24) is 15.0 Å². The molecule has 0 spiro atoms. The summed E-state index contributed by atoms with van der Waals surface area (Å²) in [7, 11) is 1.35. The largest absolute Gasteiger partial charge is 0.465 e. The zero-order valence-corrected chi connectivity index (χ0v) is 16.7. The van der Waals surface area contributed by atoms with Gasteiger partial charge in [-0.3, -0.25) is 19.7 Å². The molecule has 0 amide bonds. The van der Waals surface area contributed by atoms with Crippen molar-refractivity contribution in [3.05, 3.63) is 88.5 Å². The van der Waals surface area contributed by atoms with Crippen LogP contribution in [0.15, 0.2) is 49.1 Å². The molecular weight excluding hydrogens is 385 g/mol. The highest BCUT2D eigenvalue weighted by Crippen LogP contribution is 2.52. The van der Waals surface area contributed by atoms with Gasteiger partial charge in [-0.15, -0.1) is 0 Å². The SMILES string of the molecule is COC(=O)c1ccc(C2(c3cnc(CC(=O)c4cncc(F)c4C)cn3)CC2)cc1. The third-order valence-corrected chi connectivity index (χ3v) is 5.60. The summed E-state index contributed by atoms with van der Waals surface area (Å²) in [6, 6.07) is 7.32. The molecule has 1 aromatic carbocycles. The van der Waals surface area contributed by atoms with Crippen molar-refractivity contribution in [2.45, 2.75) is 31.6 Å². The van der Waals surface area contributed by atoms with E-state index < -0.39 is 5.82 Å². The number of methoxy groups -OCH3 is 1. The molecule has 30 heavy (non-hydrogen) atoms. The van der Waals surface area contributed by atoms with Gasteiger partial charge >= 0.3 is 5.97 Å². The Labute approximate surface area is 173 Å². The van der Waals surface area contributed by atoms with Crippen LogP contribution in [0.2, 0.25) is 0 Å². The van der Waals surface area contributed by atoms with Gasteiger partial charge in [-0.25, -0.2) is 9.18 Å². The van der Waals surface area contributed by atoms with E-state index in [1.807, 2.05) is 12.1 Å². The molecule has 7 heteroatoms. The van der Waals surface area contributed by atoms with E-state index in [2.05, 4.69) is 15.0 Å². The van der Waals surface area contributed by atoms with Crippen LogP contribution < -0.4 is 0 Å². The number of carbonyl (C=O) groups excluding carboxylic acids is 2. The molecule has 0 saturated heterocycles. The van der Waals surface area contributed by atoms with Crippen LogP contribution in [0.3, 0.4) is 0 Å². The summed E-state index contributed by atoms with van der Waals surface area (Å²) in [5.41, 5.74) is 3.23. The maximum Gasteiger partial charge on any atom is 0.337 e. The number of pyridine rings is 1. The number of Topliss-reactive ketones (excluding diaryl/α,β-unsaturated/α-hetero) is 1. The molecule has 2 heterocycles. The monoisotopic (exact) mass is 405 g/mol. The number of carbonyl (C=O) groups is 2. The number of rotatable bonds is 6. The molecule has 1 aliphatic carbocycles. The second-order valence-electron chi connectivity index (χ2n) is 7.44. The van der Waals surface area contributed by atoms with Gasteiger partial charge in [0.15, 0.2) is 5.78 Å². The van der Waals surface area contributed by atoms with Crippen molar-refractivity contribution in [2.75, 3.05) is 7.11 Å². The third kappa shape index (κ3) is 3.58. The summed E-state index contributed by atoms with van der Waals surface area (Å²) in [6.07, 6.45) is 7.66. The van der Waals surface area contributed by atoms with Crippen LogP contribution in [0.5, 0.6) is 0 Å². The molecule has 4 rings (SSSR count). The maximum atomic E-state index is 13.7. The van der Waals surface area contributed by atoms with E-state index in [9.17, 15) is 14.0 Å². The van der Waals surface area contributed by atoms with Crippen molar-refractivity contribution in [3.8, 4) is 0 Å². The summed E-state index contributed by atoms with van der Waals surface area (Å²) in [5.74, 6) is -1.12. The number of esters is 1. The number of aromatic nitrogens is 3. The zero-order valence-electron chi connectivity index (χ0n) is 16.7. The minimum Gasteiger partial charge on any atom is -0.465 e. The molecule has 0 aliphatic heterocycles. The van der Waals surface area contributed by atoms with Crippen LogP contribution in [-0.2, 0) is 16.6 Å². The normalized spacial score (nSPS) is 14.2. The number of nitrogens with zero attached hydrogens (tertiary/aromatic N) is 3. The third-order valence-electron chi connectivity index (χ3n) is 5.60. The molecule has 0 radical (unpaired) electrons. The Morgan fingerprint density at radius 2 is 1.80 bits per heavy atom. The van der Waals surface area contributed by atoms with E-state index in [1.54, 1.807) is 31.5 Å². The Hall–Kier alpha value is -3.48. The second-order valence-corrected chi connectivity index (χ2v) is 7.44. The highest BCUT2D eigenvalue weighted by molar-refractivity contribution is 5.98. The van der Waals surface area contributed by atoms with Crippen LogP contribution in [0, 0.1) is 12.7 Å². The van der Waals surface area contributed by atoms with Crippen molar-refractivity contribution in [1.29, 1.82) is 0 Å². The summed E-state index contributed by atoms with van der Waals surface area (Å²) in [5, 5.41) is 0. The smallest absolute Gasteiger partial charge is 0.337 e. The molecule has 6 nitrogen and oxygen atoms in total. The van der Waals surface area contributed by atoms with Crippen LogP contribution in [0.1, 0.15) is 56.1 Å². The van der Waals surface area contributed by atoms with Crippen molar-refractivity contribution >= 4 is 11.8 Å². The maximum absolute atomic E-state index is 13.7. The van der Waals surface area contributed by atoms with Crippen LogP contribution in [0.25, 0.3) is 0 Å². The fourth-order valence-corrected chi connectivity index (χ4v) is 3.59. The molecule has 1 saturated carbocycles. The van der Waals surface area contributed by atoms with Gasteiger partial charge in [0, 0.05) is 29.6 Å². The van der Waals surface area contributed by atoms with Gasteiger partial charge in [0.25, 0.3) is 0 Å². The summed E-state index contributed by atoms with van der Waals surface area (Å²) >= 11 is 0. The number of ketones is 1. The molecule has 2 aromatic heterocycles. The lowest BCUT2D eigenvalue weighted by Gasteiger charge is -2.15. The Morgan fingerprint density at radius 1 is 1.07 bits per heavy atom. The molecule has 152 valence electrons. The van der Waals surface area contributed by atoms with Gasteiger partial charge in [0.1, 0.15) is 5.82 Å². The van der Waals surface area contributed by atoms with E-state index >= 15 is 0 Å². The first-order valence-electron chi connectivity index (χ1n) is 9.58. The van der Waals surface area contributed by atoms with E-state index in [-0.39, 0.29) is 34.7 Å². The minimum absolute atomic E-state index is 0.0279. The van der Waals surface area contributed by atoms with Gasteiger partial charge in [-0.05, 0) is 43.0 Å². The average Bonchev–Trinajstić information content (AvgIpc) is 3.57. The van der Waals surface area contributed by atoms with Crippen molar-refractivity contribution in [2.24, 2.45) is 0 Å². The van der Waals surface area contributed by atoms with Crippen LogP contribution in [-0.4, -0.2) is 33.8 Å². The van der Waals surface area contributed by atoms with Gasteiger partial charge in [-0.2, -0.15) is 0 Å². The molecule has 0 bridgehead atoms. The molecule has 0 atom stereocenters. The zero-order chi connectivity index (χ0) is 21.3. The van der Waals surface area contributed by atoms with Crippen LogP contribution >= 0.6 is 0 Å². The fraction of sp³-hybridized carbons (Fsp3) is 0.261. The molecule has 0 unspecified atom stereocenters. The predicted octanol–water partition coefficient (Wildman–Crippen LogP) is 3.61. The van der Waals surface area contributed by atoms with E-state index in [0.717, 1.165) is 30.3 Å². The first-order chi connectivity index (χ1) is 14.4. The topological polar surface area (TPSA) is 82.0 Å². The fourth-order valence-electron chi connectivity index (χ4n) is 3.59. The molecule has 1 aliphatic rings. The van der Waals surface area contributed by atoms with E-state index in [1.165, 1.54) is 13.3 Å². The number of hydrogen-bond donors (Lipinski definition) is 0. The minimum atomic E-state index is -0.504. The number of ether oxygens (including phenoxy) is 1. The number of hydrogen-bond acceptors (Lipinski definition) is 6. The van der Waals surface area contributed by atoms with Gasteiger partial charge < -0.3 is 4.74 Å².